The Morgan fingerprint density at radius 2 is 2.36 bits per heavy atom. The highest BCUT2D eigenvalue weighted by Crippen LogP contribution is 2.37. The molecule has 4 atom stereocenters. The standard InChI is InChI=1S/C10H18N2O2/c1-7(10(13)11-14-2)9-6-12-4-3-8(9)5-12/h7-9H,3-6H2,1-2H3,(H,11,13). The summed E-state index contributed by atoms with van der Waals surface area (Å²) in [5.74, 6) is 1.35. The fraction of sp³-hybridized carbons (Fsp3) is 0.900. The zero-order chi connectivity index (χ0) is 10.1. The first-order valence-electron chi connectivity index (χ1n) is 5.27. The van der Waals surface area contributed by atoms with Gasteiger partial charge in [-0.3, -0.25) is 9.63 Å². The van der Waals surface area contributed by atoms with E-state index in [0.29, 0.717) is 5.92 Å². The van der Waals surface area contributed by atoms with Crippen LogP contribution in [0.1, 0.15) is 13.3 Å². The quantitative estimate of drug-likeness (QED) is 0.661. The third-order valence-corrected chi connectivity index (χ3v) is 3.64. The number of amides is 1. The molecule has 2 rings (SSSR count). The number of carbonyl (C=O) groups excluding carboxylic acids is 1. The first-order valence-corrected chi connectivity index (χ1v) is 5.27. The lowest BCUT2D eigenvalue weighted by molar-refractivity contribution is -0.137. The topological polar surface area (TPSA) is 41.6 Å². The number of piperidine rings is 1. The summed E-state index contributed by atoms with van der Waals surface area (Å²) in [4.78, 5) is 18.7. The summed E-state index contributed by atoms with van der Waals surface area (Å²) in [6, 6.07) is 0. The Morgan fingerprint density at radius 1 is 1.57 bits per heavy atom. The number of nitrogens with zero attached hydrogens (tertiary/aromatic N) is 1. The van der Waals surface area contributed by atoms with E-state index in [2.05, 4.69) is 15.2 Å². The molecule has 2 aliphatic rings. The average molecular weight is 198 g/mol. The summed E-state index contributed by atoms with van der Waals surface area (Å²) in [6.45, 7) is 5.50. The highest BCUT2D eigenvalue weighted by Gasteiger charge is 2.42. The lowest BCUT2D eigenvalue weighted by Crippen LogP contribution is -2.37. The van der Waals surface area contributed by atoms with Gasteiger partial charge in [0.25, 0.3) is 0 Å². The van der Waals surface area contributed by atoms with Crippen LogP contribution in [0.3, 0.4) is 0 Å². The van der Waals surface area contributed by atoms with Crippen molar-refractivity contribution in [2.75, 3.05) is 26.7 Å². The van der Waals surface area contributed by atoms with Crippen LogP contribution in [0.4, 0.5) is 0 Å². The van der Waals surface area contributed by atoms with Crippen LogP contribution in [0.5, 0.6) is 0 Å². The maximum atomic E-state index is 11.6. The first-order chi connectivity index (χ1) is 6.72. The number of nitrogens with one attached hydrogen (secondary N) is 1. The molecule has 0 aromatic heterocycles. The van der Waals surface area contributed by atoms with E-state index < -0.39 is 0 Å². The maximum Gasteiger partial charge on any atom is 0.246 e. The molecule has 0 aromatic carbocycles. The third kappa shape index (κ3) is 1.64. The van der Waals surface area contributed by atoms with Crippen LogP contribution in [0, 0.1) is 17.8 Å². The second-order valence-electron chi connectivity index (χ2n) is 4.43. The molecule has 1 amide bonds. The van der Waals surface area contributed by atoms with E-state index in [1.54, 1.807) is 0 Å². The second kappa shape index (κ2) is 3.87. The van der Waals surface area contributed by atoms with Gasteiger partial charge in [-0.15, -0.1) is 0 Å². The van der Waals surface area contributed by atoms with Gasteiger partial charge in [-0.25, -0.2) is 5.48 Å². The second-order valence-corrected chi connectivity index (χ2v) is 4.43. The minimum atomic E-state index is 0.0197. The van der Waals surface area contributed by atoms with Crippen LogP contribution >= 0.6 is 0 Å². The van der Waals surface area contributed by atoms with Gasteiger partial charge in [-0.05, 0) is 24.8 Å². The number of hydrogen-bond donors (Lipinski definition) is 1. The van der Waals surface area contributed by atoms with Crippen LogP contribution in [-0.4, -0.2) is 37.6 Å². The van der Waals surface area contributed by atoms with E-state index in [0.717, 1.165) is 12.5 Å². The minimum Gasteiger partial charge on any atom is -0.303 e. The van der Waals surface area contributed by atoms with E-state index in [-0.39, 0.29) is 11.8 Å². The van der Waals surface area contributed by atoms with Crippen LogP contribution in [0.15, 0.2) is 0 Å². The van der Waals surface area contributed by atoms with E-state index in [1.165, 1.54) is 26.6 Å². The third-order valence-electron chi connectivity index (χ3n) is 3.64. The van der Waals surface area contributed by atoms with Gasteiger partial charge >= 0.3 is 0 Å². The molecular weight excluding hydrogens is 180 g/mol. The monoisotopic (exact) mass is 198 g/mol. The smallest absolute Gasteiger partial charge is 0.246 e. The van der Waals surface area contributed by atoms with Crippen LogP contribution in [0.25, 0.3) is 0 Å². The average Bonchev–Trinajstić information content (AvgIpc) is 2.77. The molecule has 14 heavy (non-hydrogen) atoms. The molecule has 2 aliphatic heterocycles. The molecule has 2 saturated heterocycles. The Labute approximate surface area is 84.6 Å². The van der Waals surface area contributed by atoms with E-state index in [1.807, 2.05) is 6.92 Å². The molecule has 80 valence electrons. The van der Waals surface area contributed by atoms with Crippen molar-refractivity contribution in [2.45, 2.75) is 13.3 Å². The lowest BCUT2D eigenvalue weighted by atomic mass is 9.82. The van der Waals surface area contributed by atoms with Crippen LogP contribution in [0.2, 0.25) is 0 Å². The Hall–Kier alpha value is -0.610. The Balaban J connectivity index is 1.92. The lowest BCUT2D eigenvalue weighted by Gasteiger charge is -2.26. The van der Waals surface area contributed by atoms with E-state index >= 15 is 0 Å². The predicted molar refractivity (Wildman–Crippen MR) is 52.4 cm³/mol. The van der Waals surface area contributed by atoms with Crippen LogP contribution < -0.4 is 5.48 Å². The SMILES string of the molecule is CONC(=O)C(C)C1CN2CCC1C2. The molecule has 2 bridgehead atoms. The van der Waals surface area contributed by atoms with Crippen molar-refractivity contribution in [3.63, 3.8) is 0 Å². The van der Waals surface area contributed by atoms with Crippen LogP contribution in [-0.2, 0) is 9.63 Å². The summed E-state index contributed by atoms with van der Waals surface area (Å²) < 4.78 is 0. The summed E-state index contributed by atoms with van der Waals surface area (Å²) in [5, 5.41) is 0. The van der Waals surface area contributed by atoms with Gasteiger partial charge in [0.15, 0.2) is 0 Å². The number of rotatable bonds is 3. The first kappa shape index (κ1) is 9.93. The van der Waals surface area contributed by atoms with Crippen molar-refractivity contribution >= 4 is 5.91 Å². The molecule has 2 fully saturated rings. The molecule has 1 N–H and O–H groups in total. The zero-order valence-electron chi connectivity index (χ0n) is 8.82. The number of fused-ring (bicyclic) bond motifs is 2. The van der Waals surface area contributed by atoms with E-state index in [9.17, 15) is 4.79 Å². The maximum absolute atomic E-state index is 11.6. The molecule has 4 unspecified atom stereocenters. The Kier molecular flexibility index (Phi) is 2.74. The zero-order valence-corrected chi connectivity index (χ0v) is 8.82. The molecule has 4 heteroatoms. The van der Waals surface area contributed by atoms with Gasteiger partial charge in [-0.2, -0.15) is 0 Å². The molecule has 0 aliphatic carbocycles. The predicted octanol–water partition coefficient (Wildman–Crippen LogP) is 0.252. The normalized spacial score (nSPS) is 37.1. The summed E-state index contributed by atoms with van der Waals surface area (Å²) >= 11 is 0. The molecule has 0 radical (unpaired) electrons. The summed E-state index contributed by atoms with van der Waals surface area (Å²) in [7, 11) is 1.48. The summed E-state index contributed by atoms with van der Waals surface area (Å²) in [5.41, 5.74) is 2.42. The largest absolute Gasteiger partial charge is 0.303 e. The fourth-order valence-corrected chi connectivity index (χ4v) is 2.78. The Bertz CT molecular complexity index is 232. The minimum absolute atomic E-state index is 0.0197. The number of hydrogen-bond acceptors (Lipinski definition) is 3. The van der Waals surface area contributed by atoms with Gasteiger partial charge in [0.05, 0.1) is 7.11 Å². The molecule has 2 heterocycles. The molecule has 0 spiro atoms. The number of carbonyl (C=O) groups is 1. The van der Waals surface area contributed by atoms with Gasteiger partial charge in [0, 0.05) is 19.0 Å². The van der Waals surface area contributed by atoms with Crippen molar-refractivity contribution < 1.29 is 9.63 Å². The Morgan fingerprint density at radius 3 is 2.86 bits per heavy atom. The van der Waals surface area contributed by atoms with Gasteiger partial charge in [-0.1, -0.05) is 6.92 Å². The molecule has 4 nitrogen and oxygen atoms in total. The van der Waals surface area contributed by atoms with Crippen molar-refractivity contribution in [1.29, 1.82) is 0 Å². The van der Waals surface area contributed by atoms with Crippen molar-refractivity contribution in [1.82, 2.24) is 10.4 Å². The van der Waals surface area contributed by atoms with Crippen molar-refractivity contribution in [3.05, 3.63) is 0 Å². The highest BCUT2D eigenvalue weighted by atomic mass is 16.6. The molecule has 0 saturated carbocycles. The van der Waals surface area contributed by atoms with Gasteiger partial charge in [0.1, 0.15) is 0 Å². The molecular formula is C10H18N2O2. The number of hydroxylamine groups is 1. The van der Waals surface area contributed by atoms with Gasteiger partial charge < -0.3 is 4.90 Å². The van der Waals surface area contributed by atoms with Crippen molar-refractivity contribution in [3.8, 4) is 0 Å². The van der Waals surface area contributed by atoms with Crippen molar-refractivity contribution in [2.24, 2.45) is 17.8 Å². The van der Waals surface area contributed by atoms with E-state index in [4.69, 9.17) is 0 Å². The van der Waals surface area contributed by atoms with Gasteiger partial charge in [0.2, 0.25) is 5.91 Å². The fourth-order valence-electron chi connectivity index (χ4n) is 2.78. The highest BCUT2D eigenvalue weighted by molar-refractivity contribution is 5.77. The summed E-state index contributed by atoms with van der Waals surface area (Å²) in [6.07, 6.45) is 1.26. The molecule has 0 aromatic rings.